The number of nitrogens with zero attached hydrogens (tertiary/aromatic N) is 2. The molecule has 2 aliphatic rings. The predicted octanol–water partition coefficient (Wildman–Crippen LogP) is 1.12. The number of aliphatic hydroxyl groups excluding tert-OH is 1. The monoisotopic (exact) mass is 340 g/mol. The first-order valence-corrected chi connectivity index (χ1v) is 8.12. The van der Waals surface area contributed by atoms with Crippen LogP contribution in [0, 0.1) is 0 Å². The highest BCUT2D eigenvalue weighted by Crippen LogP contribution is 2.35. The summed E-state index contributed by atoms with van der Waals surface area (Å²) in [5.74, 6) is -2.88. The van der Waals surface area contributed by atoms with E-state index in [0.717, 1.165) is 5.56 Å². The van der Waals surface area contributed by atoms with E-state index >= 15 is 0 Å². The van der Waals surface area contributed by atoms with E-state index < -0.39 is 12.0 Å². The van der Waals surface area contributed by atoms with Crippen LogP contribution in [0.4, 0.5) is 8.78 Å². The summed E-state index contributed by atoms with van der Waals surface area (Å²) in [6.07, 6.45) is -0.311. The topological polar surface area (TPSA) is 53.0 Å². The van der Waals surface area contributed by atoms with Gasteiger partial charge in [-0.2, -0.15) is 0 Å². The molecule has 2 aliphatic heterocycles. The quantitative estimate of drug-likeness (QED) is 0.843. The molecule has 1 aromatic carbocycles. The molecular formula is C17H22F2N2O3. The van der Waals surface area contributed by atoms with Gasteiger partial charge < -0.3 is 14.7 Å². The summed E-state index contributed by atoms with van der Waals surface area (Å²) in [5.41, 5.74) is 0.997. The Labute approximate surface area is 139 Å². The van der Waals surface area contributed by atoms with Gasteiger partial charge in [-0.05, 0) is 5.56 Å². The van der Waals surface area contributed by atoms with Gasteiger partial charge in [0.2, 0.25) is 5.91 Å². The van der Waals surface area contributed by atoms with Gasteiger partial charge in [0, 0.05) is 31.6 Å². The molecule has 0 aliphatic carbocycles. The number of alkyl halides is 2. The molecule has 1 aromatic rings. The molecule has 1 N–H and O–H groups in total. The molecule has 1 amide bonds. The van der Waals surface area contributed by atoms with E-state index in [2.05, 4.69) is 0 Å². The number of rotatable bonds is 6. The van der Waals surface area contributed by atoms with Crippen LogP contribution in [0.5, 0.6) is 0 Å². The van der Waals surface area contributed by atoms with Gasteiger partial charge in [-0.25, -0.2) is 8.78 Å². The number of halogens is 2. The van der Waals surface area contributed by atoms with Crippen molar-refractivity contribution in [3.05, 3.63) is 35.9 Å². The minimum absolute atomic E-state index is 0.0127. The number of benzene rings is 1. The van der Waals surface area contributed by atoms with Crippen molar-refractivity contribution in [3.8, 4) is 0 Å². The van der Waals surface area contributed by atoms with E-state index in [0.29, 0.717) is 19.7 Å². The van der Waals surface area contributed by atoms with E-state index in [-0.39, 0.29) is 38.1 Å². The highest BCUT2D eigenvalue weighted by Gasteiger charge is 2.49. The van der Waals surface area contributed by atoms with E-state index in [9.17, 15) is 18.7 Å². The summed E-state index contributed by atoms with van der Waals surface area (Å²) in [5, 5.41) is 9.26. The first-order valence-electron chi connectivity index (χ1n) is 8.12. The van der Waals surface area contributed by atoms with Gasteiger partial charge >= 0.3 is 0 Å². The highest BCUT2D eigenvalue weighted by atomic mass is 19.3. The predicted molar refractivity (Wildman–Crippen MR) is 83.6 cm³/mol. The molecule has 132 valence electrons. The SMILES string of the molecule is O=C(COCc1ccccc1)N1CC(N2CC(F)(F)C[C@H]2CO)C1. The normalized spacial score (nSPS) is 24.1. The number of aliphatic hydroxyl groups is 1. The Balaban J connectivity index is 1.40. The second-order valence-electron chi connectivity index (χ2n) is 6.50. The third-order valence-electron chi connectivity index (χ3n) is 4.65. The van der Waals surface area contributed by atoms with Crippen molar-refractivity contribution in [2.45, 2.75) is 31.0 Å². The number of hydrogen-bond donors (Lipinski definition) is 1. The molecule has 0 saturated carbocycles. The fourth-order valence-corrected chi connectivity index (χ4v) is 3.31. The average molecular weight is 340 g/mol. The summed E-state index contributed by atoms with van der Waals surface area (Å²) in [6, 6.07) is 8.95. The van der Waals surface area contributed by atoms with Gasteiger partial charge in [0.05, 0.1) is 19.8 Å². The standard InChI is InChI=1S/C17H22F2N2O3/c18-17(19)6-14(9-22)21(12-17)15-7-20(8-15)16(23)11-24-10-13-4-2-1-3-5-13/h1-5,14-15,22H,6-12H2/t14-/m0/s1. The smallest absolute Gasteiger partial charge is 0.262 e. The van der Waals surface area contributed by atoms with Crippen LogP contribution in [-0.4, -0.2) is 71.7 Å². The molecule has 0 aromatic heterocycles. The summed E-state index contributed by atoms with van der Waals surface area (Å²) in [4.78, 5) is 15.3. The fraction of sp³-hybridized carbons (Fsp3) is 0.588. The maximum atomic E-state index is 13.5. The lowest BCUT2D eigenvalue weighted by Gasteiger charge is -2.45. The Hall–Kier alpha value is -1.57. The summed E-state index contributed by atoms with van der Waals surface area (Å²) < 4.78 is 32.4. The first kappa shape index (κ1) is 17.3. The van der Waals surface area contributed by atoms with Crippen molar-refractivity contribution in [3.63, 3.8) is 0 Å². The van der Waals surface area contributed by atoms with Crippen LogP contribution >= 0.6 is 0 Å². The van der Waals surface area contributed by atoms with Crippen LogP contribution in [0.1, 0.15) is 12.0 Å². The van der Waals surface area contributed by atoms with Crippen molar-refractivity contribution >= 4 is 5.91 Å². The third kappa shape index (κ3) is 3.91. The Morgan fingerprint density at radius 2 is 2.00 bits per heavy atom. The molecule has 2 heterocycles. The number of likely N-dealkylation sites (tertiary alicyclic amines) is 2. The average Bonchev–Trinajstić information content (AvgIpc) is 2.81. The van der Waals surface area contributed by atoms with Gasteiger partial charge in [0.25, 0.3) is 5.92 Å². The molecule has 5 nitrogen and oxygen atoms in total. The van der Waals surface area contributed by atoms with Gasteiger partial charge in [0.1, 0.15) is 6.61 Å². The second-order valence-corrected chi connectivity index (χ2v) is 6.50. The Morgan fingerprint density at radius 3 is 2.67 bits per heavy atom. The molecule has 7 heteroatoms. The van der Waals surface area contributed by atoms with Crippen LogP contribution in [0.25, 0.3) is 0 Å². The minimum Gasteiger partial charge on any atom is -0.395 e. The maximum absolute atomic E-state index is 13.5. The molecule has 0 spiro atoms. The van der Waals surface area contributed by atoms with Crippen molar-refractivity contribution < 1.29 is 23.4 Å². The Bertz CT molecular complexity index is 564. The maximum Gasteiger partial charge on any atom is 0.262 e. The van der Waals surface area contributed by atoms with Crippen LogP contribution in [0.3, 0.4) is 0 Å². The number of amides is 1. The number of hydrogen-bond acceptors (Lipinski definition) is 4. The molecule has 2 saturated heterocycles. The Morgan fingerprint density at radius 1 is 1.29 bits per heavy atom. The number of carbonyl (C=O) groups excluding carboxylic acids is 1. The largest absolute Gasteiger partial charge is 0.395 e. The van der Waals surface area contributed by atoms with E-state index in [4.69, 9.17) is 4.74 Å². The molecular weight excluding hydrogens is 318 g/mol. The number of carbonyl (C=O) groups is 1. The van der Waals surface area contributed by atoms with Crippen molar-refractivity contribution in [2.24, 2.45) is 0 Å². The lowest BCUT2D eigenvalue weighted by atomic mass is 10.1. The summed E-state index contributed by atoms with van der Waals surface area (Å²) in [7, 11) is 0. The van der Waals surface area contributed by atoms with E-state index in [1.165, 1.54) is 0 Å². The van der Waals surface area contributed by atoms with Gasteiger partial charge in [-0.1, -0.05) is 30.3 Å². The molecule has 3 rings (SSSR count). The van der Waals surface area contributed by atoms with Gasteiger partial charge in [-0.15, -0.1) is 0 Å². The third-order valence-corrected chi connectivity index (χ3v) is 4.65. The second kappa shape index (κ2) is 7.13. The van der Waals surface area contributed by atoms with Crippen LogP contribution in [0.2, 0.25) is 0 Å². The van der Waals surface area contributed by atoms with Crippen LogP contribution < -0.4 is 0 Å². The van der Waals surface area contributed by atoms with Crippen LogP contribution in [0.15, 0.2) is 30.3 Å². The zero-order valence-electron chi connectivity index (χ0n) is 13.4. The molecule has 1 atom stereocenters. The van der Waals surface area contributed by atoms with Crippen molar-refractivity contribution in [2.75, 3.05) is 32.8 Å². The fourth-order valence-electron chi connectivity index (χ4n) is 3.31. The number of ether oxygens (including phenoxy) is 1. The molecule has 2 fully saturated rings. The van der Waals surface area contributed by atoms with E-state index in [1.54, 1.807) is 9.80 Å². The van der Waals surface area contributed by atoms with Crippen molar-refractivity contribution in [1.29, 1.82) is 0 Å². The van der Waals surface area contributed by atoms with Crippen LogP contribution in [-0.2, 0) is 16.1 Å². The molecule has 0 unspecified atom stereocenters. The highest BCUT2D eigenvalue weighted by molar-refractivity contribution is 5.78. The Kier molecular flexibility index (Phi) is 5.12. The first-order chi connectivity index (χ1) is 11.5. The van der Waals surface area contributed by atoms with Gasteiger partial charge in [0.15, 0.2) is 0 Å². The lowest BCUT2D eigenvalue weighted by Crippen LogP contribution is -2.63. The molecule has 0 radical (unpaired) electrons. The summed E-state index contributed by atoms with van der Waals surface area (Å²) >= 11 is 0. The van der Waals surface area contributed by atoms with Gasteiger partial charge in [-0.3, -0.25) is 9.69 Å². The van der Waals surface area contributed by atoms with E-state index in [1.807, 2.05) is 30.3 Å². The molecule has 0 bridgehead atoms. The lowest BCUT2D eigenvalue weighted by molar-refractivity contribution is -0.144. The zero-order chi connectivity index (χ0) is 17.2. The zero-order valence-corrected chi connectivity index (χ0v) is 13.4. The minimum atomic E-state index is -2.75. The summed E-state index contributed by atoms with van der Waals surface area (Å²) in [6.45, 7) is 0.575. The molecule has 24 heavy (non-hydrogen) atoms. The van der Waals surface area contributed by atoms with Crippen molar-refractivity contribution in [1.82, 2.24) is 9.80 Å².